The number of hydrogen-bond acceptors (Lipinski definition) is 3. The number of rotatable bonds is 8. The smallest absolute Gasteiger partial charge is 0.118 e. The Bertz CT molecular complexity index is 583. The van der Waals surface area contributed by atoms with Gasteiger partial charge in [0.2, 0.25) is 0 Å². The van der Waals surface area contributed by atoms with Crippen molar-refractivity contribution in [2.45, 2.75) is 38.8 Å². The second-order valence-electron chi connectivity index (χ2n) is 5.61. The predicted molar refractivity (Wildman–Crippen MR) is 94.9 cm³/mol. The van der Waals surface area contributed by atoms with E-state index in [9.17, 15) is 0 Å². The molecule has 2 rings (SSSR count). The van der Waals surface area contributed by atoms with Gasteiger partial charge in [0, 0.05) is 5.02 Å². The zero-order valence-corrected chi connectivity index (χ0v) is 14.6. The fraction of sp³-hybridized carbons (Fsp3) is 0.368. The van der Waals surface area contributed by atoms with E-state index in [-0.39, 0.29) is 12.1 Å². The highest BCUT2D eigenvalue weighted by molar-refractivity contribution is 6.30. The van der Waals surface area contributed by atoms with Gasteiger partial charge in [-0.1, -0.05) is 42.8 Å². The van der Waals surface area contributed by atoms with Crippen LogP contribution in [-0.2, 0) is 11.3 Å². The van der Waals surface area contributed by atoms with Gasteiger partial charge in [-0.15, -0.1) is 0 Å². The third kappa shape index (κ3) is 5.54. The summed E-state index contributed by atoms with van der Waals surface area (Å²) < 4.78 is 5.23. The Morgan fingerprint density at radius 2 is 1.70 bits per heavy atom. The molecule has 3 nitrogen and oxygen atoms in total. The number of methoxy groups -OCH3 is 1. The lowest BCUT2D eigenvalue weighted by molar-refractivity contribution is -0.0369. The predicted octanol–water partition coefficient (Wildman–Crippen LogP) is 4.95. The van der Waals surface area contributed by atoms with Crippen molar-refractivity contribution in [3.8, 4) is 5.75 Å². The average molecular weight is 334 g/mol. The maximum atomic E-state index is 5.97. The van der Waals surface area contributed by atoms with Crippen LogP contribution in [0.15, 0.2) is 48.5 Å². The standard InChI is InChI=1S/C19H24ClNO2/c1-4-14(2)23-21-19(13-15-5-9-17(20)10-6-15)16-7-11-18(22-3)12-8-16/h5-12,14,19,21H,4,13H2,1-3H3. The van der Waals surface area contributed by atoms with Crippen LogP contribution in [0.2, 0.25) is 5.02 Å². The first-order valence-electron chi connectivity index (χ1n) is 7.92. The Labute approximate surface area is 143 Å². The molecule has 2 aromatic rings. The molecule has 0 spiro atoms. The van der Waals surface area contributed by atoms with Crippen molar-refractivity contribution in [1.29, 1.82) is 0 Å². The van der Waals surface area contributed by atoms with Crippen molar-refractivity contribution in [3.05, 3.63) is 64.7 Å². The third-order valence-electron chi connectivity index (χ3n) is 3.86. The molecule has 0 aliphatic rings. The summed E-state index contributed by atoms with van der Waals surface area (Å²) in [5.41, 5.74) is 5.57. The fourth-order valence-electron chi connectivity index (χ4n) is 2.20. The third-order valence-corrected chi connectivity index (χ3v) is 4.11. The van der Waals surface area contributed by atoms with Gasteiger partial charge in [-0.2, -0.15) is 5.48 Å². The molecule has 2 aromatic carbocycles. The summed E-state index contributed by atoms with van der Waals surface area (Å²) in [6.07, 6.45) is 1.95. The first-order chi connectivity index (χ1) is 11.1. The highest BCUT2D eigenvalue weighted by atomic mass is 35.5. The van der Waals surface area contributed by atoms with Crippen molar-refractivity contribution >= 4 is 11.6 Å². The Kier molecular flexibility index (Phi) is 6.90. The molecule has 0 fully saturated rings. The summed E-state index contributed by atoms with van der Waals surface area (Å²) in [6, 6.07) is 16.0. The highest BCUT2D eigenvalue weighted by Crippen LogP contribution is 2.22. The maximum absolute atomic E-state index is 5.97. The number of benzene rings is 2. The van der Waals surface area contributed by atoms with Crippen LogP contribution in [0, 0.1) is 0 Å². The van der Waals surface area contributed by atoms with Crippen molar-refractivity contribution in [1.82, 2.24) is 5.48 Å². The second-order valence-corrected chi connectivity index (χ2v) is 6.05. The van der Waals surface area contributed by atoms with Crippen molar-refractivity contribution < 1.29 is 9.57 Å². The van der Waals surface area contributed by atoms with E-state index in [1.165, 1.54) is 5.56 Å². The summed E-state index contributed by atoms with van der Waals surface area (Å²) in [6.45, 7) is 4.16. The molecule has 124 valence electrons. The lowest BCUT2D eigenvalue weighted by Crippen LogP contribution is -2.27. The van der Waals surface area contributed by atoms with Crippen LogP contribution in [-0.4, -0.2) is 13.2 Å². The Morgan fingerprint density at radius 3 is 2.26 bits per heavy atom. The van der Waals surface area contributed by atoms with Crippen LogP contribution in [0.4, 0.5) is 0 Å². The molecule has 0 saturated carbocycles. The van der Waals surface area contributed by atoms with Crippen LogP contribution in [0.1, 0.15) is 37.4 Å². The van der Waals surface area contributed by atoms with E-state index in [1.807, 2.05) is 36.4 Å². The molecule has 0 bridgehead atoms. The molecular weight excluding hydrogens is 310 g/mol. The minimum Gasteiger partial charge on any atom is -0.497 e. The summed E-state index contributed by atoms with van der Waals surface area (Å²) >= 11 is 5.97. The maximum Gasteiger partial charge on any atom is 0.118 e. The van der Waals surface area contributed by atoms with Crippen LogP contribution in [0.5, 0.6) is 5.75 Å². The zero-order chi connectivity index (χ0) is 16.7. The lowest BCUT2D eigenvalue weighted by Gasteiger charge is -2.22. The van der Waals surface area contributed by atoms with Crippen molar-refractivity contribution in [2.24, 2.45) is 0 Å². The summed E-state index contributed by atoms with van der Waals surface area (Å²) in [5, 5.41) is 0.749. The largest absolute Gasteiger partial charge is 0.497 e. The second kappa shape index (κ2) is 8.92. The SMILES string of the molecule is CCC(C)ONC(Cc1ccc(Cl)cc1)c1ccc(OC)cc1. The number of nitrogens with one attached hydrogen (secondary N) is 1. The Hall–Kier alpha value is -1.55. The summed E-state index contributed by atoms with van der Waals surface area (Å²) in [5.74, 6) is 0.849. The summed E-state index contributed by atoms with van der Waals surface area (Å²) in [4.78, 5) is 5.75. The average Bonchev–Trinajstić information content (AvgIpc) is 2.60. The fourth-order valence-corrected chi connectivity index (χ4v) is 2.33. The molecule has 0 amide bonds. The Morgan fingerprint density at radius 1 is 1.04 bits per heavy atom. The number of hydrogen-bond donors (Lipinski definition) is 1. The van der Waals surface area contributed by atoms with Crippen molar-refractivity contribution in [3.63, 3.8) is 0 Å². The van der Waals surface area contributed by atoms with Crippen LogP contribution in [0.25, 0.3) is 0 Å². The topological polar surface area (TPSA) is 30.5 Å². The van der Waals surface area contributed by atoms with E-state index in [2.05, 4.69) is 31.5 Å². The number of halogens is 1. The molecule has 0 aromatic heterocycles. The molecule has 2 unspecified atom stereocenters. The summed E-state index contributed by atoms with van der Waals surface area (Å²) in [7, 11) is 1.67. The van der Waals surface area contributed by atoms with E-state index in [4.69, 9.17) is 21.2 Å². The molecule has 0 aliphatic heterocycles. The minimum absolute atomic E-state index is 0.0658. The first kappa shape index (κ1) is 17.8. The van der Waals surface area contributed by atoms with E-state index in [0.717, 1.165) is 29.2 Å². The number of ether oxygens (including phenoxy) is 1. The monoisotopic (exact) mass is 333 g/mol. The van der Waals surface area contributed by atoms with Gasteiger partial charge in [-0.25, -0.2) is 0 Å². The van der Waals surface area contributed by atoms with Crippen LogP contribution in [0.3, 0.4) is 0 Å². The lowest BCUT2D eigenvalue weighted by atomic mass is 9.99. The van der Waals surface area contributed by atoms with Gasteiger partial charge in [0.25, 0.3) is 0 Å². The molecule has 2 atom stereocenters. The minimum atomic E-state index is 0.0658. The molecule has 23 heavy (non-hydrogen) atoms. The van der Waals surface area contributed by atoms with Gasteiger partial charge in [-0.3, -0.25) is 4.84 Å². The van der Waals surface area contributed by atoms with Gasteiger partial charge in [0.15, 0.2) is 0 Å². The van der Waals surface area contributed by atoms with Gasteiger partial charge < -0.3 is 4.74 Å². The van der Waals surface area contributed by atoms with E-state index in [0.29, 0.717) is 0 Å². The molecular formula is C19H24ClNO2. The van der Waals surface area contributed by atoms with E-state index < -0.39 is 0 Å². The molecule has 0 saturated heterocycles. The van der Waals surface area contributed by atoms with E-state index >= 15 is 0 Å². The first-order valence-corrected chi connectivity index (χ1v) is 8.29. The van der Waals surface area contributed by atoms with Gasteiger partial charge in [-0.05, 0) is 55.2 Å². The molecule has 1 N–H and O–H groups in total. The normalized spacial score (nSPS) is 13.6. The highest BCUT2D eigenvalue weighted by Gasteiger charge is 2.14. The molecule has 0 radical (unpaired) electrons. The molecule has 0 aliphatic carbocycles. The van der Waals surface area contributed by atoms with Gasteiger partial charge >= 0.3 is 0 Å². The molecule has 0 heterocycles. The van der Waals surface area contributed by atoms with Gasteiger partial charge in [0.1, 0.15) is 5.75 Å². The van der Waals surface area contributed by atoms with Gasteiger partial charge in [0.05, 0.1) is 19.3 Å². The van der Waals surface area contributed by atoms with Crippen LogP contribution >= 0.6 is 11.6 Å². The number of hydroxylamine groups is 1. The zero-order valence-electron chi connectivity index (χ0n) is 13.9. The van der Waals surface area contributed by atoms with E-state index in [1.54, 1.807) is 7.11 Å². The Balaban J connectivity index is 2.14. The quantitative estimate of drug-likeness (QED) is 0.693. The molecule has 4 heteroatoms. The van der Waals surface area contributed by atoms with Crippen molar-refractivity contribution in [2.75, 3.05) is 7.11 Å². The van der Waals surface area contributed by atoms with Crippen LogP contribution < -0.4 is 10.2 Å².